The molecule has 8 N–H and O–H groups in total. The maximum absolute atomic E-state index is 14.8. The predicted octanol–water partition coefficient (Wildman–Crippen LogP) is 8.56. The number of nitrogens with zero attached hydrogens (tertiary/aromatic N) is 4. The van der Waals surface area contributed by atoms with Crippen LogP contribution in [0, 0.1) is 41.4 Å². The van der Waals surface area contributed by atoms with Gasteiger partial charge in [-0.05, 0) is 97.8 Å². The molecular weight excluding hydrogens is 1340 g/mol. The number of aliphatic hydroxyl groups is 1. The van der Waals surface area contributed by atoms with Crippen LogP contribution in [-0.2, 0) is 64.0 Å². The van der Waals surface area contributed by atoms with Crippen LogP contribution in [0.15, 0.2) is 66.7 Å². The Balaban J connectivity index is 1.30. The van der Waals surface area contributed by atoms with Gasteiger partial charge in [-0.2, -0.15) is 13.2 Å². The highest BCUT2D eigenvalue weighted by molar-refractivity contribution is 6.12. The average Bonchev–Trinajstić information content (AvgIpc) is 1.80. The number of hydrogen-bond acceptors (Lipinski definition) is 16. The number of Topliss-reactive ketones (excluding diaryl/α,β-unsaturated/α-hetero) is 2. The molecule has 0 spiro atoms. The van der Waals surface area contributed by atoms with Gasteiger partial charge in [0.1, 0.15) is 30.5 Å². The number of hydrogen-bond donors (Lipinski definition) is 7. The maximum Gasteiger partial charge on any atom is 0.407 e. The molecule has 13 atom stereocenters. The summed E-state index contributed by atoms with van der Waals surface area (Å²) in [5.41, 5.74) is 6.76. The zero-order valence-electron chi connectivity index (χ0n) is 62.7. The van der Waals surface area contributed by atoms with Gasteiger partial charge < -0.3 is 61.0 Å². The van der Waals surface area contributed by atoms with Crippen LogP contribution in [0.5, 0.6) is 0 Å². The van der Waals surface area contributed by atoms with E-state index in [1.807, 2.05) is 51.1 Å². The molecule has 103 heavy (non-hydrogen) atoms. The Labute approximate surface area is 605 Å². The zero-order chi connectivity index (χ0) is 77.0. The molecule has 2 aliphatic rings. The summed E-state index contributed by atoms with van der Waals surface area (Å²) in [5.74, 6) is -7.40. The minimum absolute atomic E-state index is 0.0319. The monoisotopic (exact) mass is 1450 g/mol. The largest absolute Gasteiger partial charge is 0.445 e. The molecule has 2 aromatic rings. The smallest absolute Gasteiger partial charge is 0.407 e. The number of nitrogens with two attached hydrogens (primary N) is 1. The Morgan fingerprint density at radius 3 is 1.91 bits per heavy atom. The molecule has 0 aliphatic carbocycles. The number of alkyl carbamates (subject to hydrolysis) is 1. The lowest BCUT2D eigenvalue weighted by Crippen LogP contribution is -2.60. The lowest BCUT2D eigenvalue weighted by Gasteiger charge is -2.41. The molecular formula is C75H115F3N10O15. The number of ether oxygens (including phenoxy) is 3. The molecule has 10 amide bonds. The van der Waals surface area contributed by atoms with Gasteiger partial charge >= 0.3 is 18.3 Å². The highest BCUT2D eigenvalue weighted by Crippen LogP contribution is 2.33. The number of halogens is 3. The van der Waals surface area contributed by atoms with E-state index >= 15 is 0 Å². The quantitative estimate of drug-likeness (QED) is 0.0241. The van der Waals surface area contributed by atoms with Gasteiger partial charge in [0.05, 0.1) is 42.9 Å². The number of carbonyl (C=O) groups excluding carboxylic acids is 11. The van der Waals surface area contributed by atoms with Crippen molar-refractivity contribution in [1.82, 2.24) is 40.9 Å². The van der Waals surface area contributed by atoms with E-state index < -0.39 is 150 Å². The molecule has 28 heteroatoms. The van der Waals surface area contributed by atoms with Crippen molar-refractivity contribution in [3.8, 4) is 0 Å². The lowest BCUT2D eigenvalue weighted by atomic mass is 9.85. The van der Waals surface area contributed by atoms with Crippen molar-refractivity contribution in [2.24, 2.45) is 47.2 Å². The van der Waals surface area contributed by atoms with Crippen molar-refractivity contribution in [2.75, 3.05) is 59.8 Å². The Bertz CT molecular complexity index is 3120. The number of carbonyl (C=O) groups is 11. The van der Waals surface area contributed by atoms with Gasteiger partial charge in [-0.25, -0.2) is 9.59 Å². The Morgan fingerprint density at radius 2 is 1.34 bits per heavy atom. The van der Waals surface area contributed by atoms with E-state index in [9.17, 15) is 71.0 Å². The number of benzene rings is 2. The summed E-state index contributed by atoms with van der Waals surface area (Å²) in [6.07, 6.45) is -3.26. The van der Waals surface area contributed by atoms with Crippen LogP contribution in [-0.4, -0.2) is 199 Å². The minimum Gasteiger partial charge on any atom is -0.445 e. The molecule has 576 valence electrons. The second-order valence-electron chi connectivity index (χ2n) is 28.6. The van der Waals surface area contributed by atoms with E-state index in [-0.39, 0.29) is 108 Å². The van der Waals surface area contributed by atoms with Crippen molar-refractivity contribution >= 4 is 70.7 Å². The number of likely N-dealkylation sites (tertiary alicyclic amines) is 1. The molecule has 4 rings (SSSR count). The van der Waals surface area contributed by atoms with Crippen molar-refractivity contribution in [2.45, 2.75) is 226 Å². The molecule has 2 aliphatic heterocycles. The fourth-order valence-electron chi connectivity index (χ4n) is 13.6. The molecule has 1 fully saturated rings. The summed E-state index contributed by atoms with van der Waals surface area (Å²) in [6, 6.07) is 8.21. The third-order valence-electron chi connectivity index (χ3n) is 19.8. The third kappa shape index (κ3) is 27.0. The lowest BCUT2D eigenvalue weighted by molar-refractivity contribution is -0.161. The number of imide groups is 1. The van der Waals surface area contributed by atoms with E-state index in [1.54, 1.807) is 77.4 Å². The molecule has 0 saturated carbocycles. The van der Waals surface area contributed by atoms with Gasteiger partial charge in [0.2, 0.25) is 29.5 Å². The van der Waals surface area contributed by atoms with E-state index in [0.29, 0.717) is 43.5 Å². The van der Waals surface area contributed by atoms with Crippen LogP contribution in [0.25, 0.3) is 0 Å². The van der Waals surface area contributed by atoms with E-state index in [2.05, 4.69) is 26.6 Å². The number of aliphatic hydroxyl groups excluding tert-OH is 1. The summed E-state index contributed by atoms with van der Waals surface area (Å²) in [4.78, 5) is 153. The van der Waals surface area contributed by atoms with Crippen LogP contribution < -0.4 is 32.3 Å². The van der Waals surface area contributed by atoms with Crippen molar-refractivity contribution in [1.29, 1.82) is 0 Å². The van der Waals surface area contributed by atoms with Crippen LogP contribution >= 0.6 is 0 Å². The Morgan fingerprint density at radius 1 is 0.709 bits per heavy atom. The normalized spacial score (nSPS) is 17.5. The predicted molar refractivity (Wildman–Crippen MR) is 383 cm³/mol. The number of alkyl halides is 3. The van der Waals surface area contributed by atoms with Gasteiger partial charge in [-0.15, -0.1) is 0 Å². The minimum atomic E-state index is -4.73. The Hall–Kier alpha value is -7.82. The molecule has 0 bridgehead atoms. The molecule has 0 aromatic heterocycles. The van der Waals surface area contributed by atoms with Crippen molar-refractivity contribution < 1.29 is 85.2 Å². The average molecular weight is 1450 g/mol. The first kappa shape index (κ1) is 87.6. The first-order valence-corrected chi connectivity index (χ1v) is 36.2. The molecule has 2 heterocycles. The van der Waals surface area contributed by atoms with Crippen LogP contribution in [0.2, 0.25) is 0 Å². The molecule has 2 aromatic carbocycles. The zero-order valence-corrected chi connectivity index (χ0v) is 62.7. The number of ketones is 2. The van der Waals surface area contributed by atoms with E-state index in [0.717, 1.165) is 22.6 Å². The van der Waals surface area contributed by atoms with Crippen LogP contribution in [0.4, 0.5) is 28.4 Å². The third-order valence-corrected chi connectivity index (χ3v) is 19.8. The van der Waals surface area contributed by atoms with E-state index in [4.69, 9.17) is 19.9 Å². The SMILES string of the molecule is CC[C@H](C)[C@@H]([C@@H](CC(=O)N1CCC[C@H]1[C@H](OC)[C@@H](C)C(=O)C[C@H](C)[C@@H](O)c1ccccc1)OC)N(C)C(=O)[C@@H](NC(=O)[C@H](C(C)C)N(C)C(=O)CCCNC(=O)OCc1ccc(NC(=O)[C@H](CCCNC(N)=O)CC(=O)[C@@H](N[C@@H](CCCCCN2C(=O)C=CC2=O)C(F)(F)F)C(C)C)cc1)C(C)C. The summed E-state index contributed by atoms with van der Waals surface area (Å²) in [6.45, 7) is 18.4. The standard InChI is InChI=1S/C75H115F3N10O15/c1-15-48(8)67(58(101-13)43-63(94)87-40-24-28-55(87)69(102-14)50(10)56(89)41-49(9)68(95)52-25-18-16-19-26-52)86(12)72(98)65(46(4)5)84-71(97)66(47(6)7)85(11)60(91)30-23-38-81-74(100)103-44-51-31-33-54(34-32-51)82-70(96)53(27-22-37-80-73(79)99)42-57(90)64(45(2)3)83-59(75(76,77)78)29-20-17-21-39-88-61(92)35-36-62(88)93/h16,18-19,25-26,31-36,45-50,53,55,58-59,64-69,83,95H,15,17,20-24,27-30,37-44H2,1-14H3,(H,81,100)(H,82,96)(H,84,97)(H3,79,80,99)/t48-,49-,50-,53+,55-,58+,59-,64-,65-,66-,67-,68+,69+/m0/s1. The van der Waals surface area contributed by atoms with Gasteiger partial charge in [-0.3, -0.25) is 53.4 Å². The summed E-state index contributed by atoms with van der Waals surface area (Å²) >= 11 is 0. The number of nitrogens with one attached hydrogen (secondary N) is 5. The molecule has 0 unspecified atom stereocenters. The summed E-state index contributed by atoms with van der Waals surface area (Å²) in [7, 11) is 6.18. The van der Waals surface area contributed by atoms with Crippen LogP contribution in [0.3, 0.4) is 0 Å². The van der Waals surface area contributed by atoms with Gasteiger partial charge in [0, 0.05) is 103 Å². The number of rotatable bonds is 45. The fraction of sp³-hybridized carbons (Fsp3) is 0.667. The van der Waals surface area contributed by atoms with Crippen molar-refractivity contribution in [3.63, 3.8) is 0 Å². The number of urea groups is 1. The first-order chi connectivity index (χ1) is 48.6. The Kier molecular flexibility index (Phi) is 36.4. The molecule has 1 saturated heterocycles. The fourth-order valence-corrected chi connectivity index (χ4v) is 13.6. The first-order valence-electron chi connectivity index (χ1n) is 36.2. The number of primary amides is 1. The number of unbranched alkanes of at least 4 members (excludes halogenated alkanes) is 2. The van der Waals surface area contributed by atoms with Crippen molar-refractivity contribution in [3.05, 3.63) is 77.9 Å². The van der Waals surface area contributed by atoms with Gasteiger partial charge in [0.25, 0.3) is 11.8 Å². The summed E-state index contributed by atoms with van der Waals surface area (Å²) in [5, 5.41) is 24.3. The number of anilines is 1. The van der Waals surface area contributed by atoms with Crippen LogP contribution in [0.1, 0.15) is 176 Å². The van der Waals surface area contributed by atoms with Gasteiger partial charge in [-0.1, -0.05) is 131 Å². The maximum atomic E-state index is 14.8. The second kappa shape index (κ2) is 42.8. The topological polar surface area (TPSA) is 335 Å². The van der Waals surface area contributed by atoms with E-state index in [1.165, 1.54) is 38.3 Å². The number of likely N-dealkylation sites (N-methyl/N-ethyl adjacent to an activating group) is 2. The molecule has 25 nitrogen and oxygen atoms in total. The summed E-state index contributed by atoms with van der Waals surface area (Å²) < 4.78 is 60.8. The highest BCUT2D eigenvalue weighted by atomic mass is 19.4. The number of amides is 10. The highest BCUT2D eigenvalue weighted by Gasteiger charge is 2.45. The van der Waals surface area contributed by atoms with Gasteiger partial charge in [0.15, 0.2) is 5.78 Å². The second-order valence-corrected chi connectivity index (χ2v) is 28.6. The number of methoxy groups -OCH3 is 2. The molecule has 0 radical (unpaired) electrons.